The van der Waals surface area contributed by atoms with Gasteiger partial charge >= 0.3 is 0 Å². The van der Waals surface area contributed by atoms with Gasteiger partial charge in [0.2, 0.25) is 0 Å². The van der Waals surface area contributed by atoms with Gasteiger partial charge in [0.05, 0.1) is 15.7 Å². The first-order valence-corrected chi connectivity index (χ1v) is 7.21. The van der Waals surface area contributed by atoms with Crippen molar-refractivity contribution in [3.63, 3.8) is 0 Å². The van der Waals surface area contributed by atoms with Crippen molar-refractivity contribution in [2.24, 2.45) is 0 Å². The van der Waals surface area contributed by atoms with Crippen molar-refractivity contribution in [1.29, 1.82) is 0 Å². The molecular formula is C14H14N4OS. The van der Waals surface area contributed by atoms with Crippen LogP contribution in [0.2, 0.25) is 0 Å². The summed E-state index contributed by atoms with van der Waals surface area (Å²) in [5.74, 6) is -0.201. The number of benzene rings is 1. The van der Waals surface area contributed by atoms with Crippen LogP contribution in [0.3, 0.4) is 0 Å². The van der Waals surface area contributed by atoms with E-state index in [9.17, 15) is 4.79 Å². The van der Waals surface area contributed by atoms with Crippen LogP contribution in [0.15, 0.2) is 36.0 Å². The zero-order chi connectivity index (χ0) is 14.1. The molecule has 3 rings (SSSR count). The summed E-state index contributed by atoms with van der Waals surface area (Å²) in [5.41, 5.74) is 3.91. The molecule has 0 saturated carbocycles. The maximum atomic E-state index is 12.1. The number of rotatable bonds is 3. The zero-order valence-electron chi connectivity index (χ0n) is 11.2. The average Bonchev–Trinajstić information content (AvgIpc) is 3.07. The molecule has 0 fully saturated rings. The van der Waals surface area contributed by atoms with E-state index in [1.54, 1.807) is 27.6 Å². The number of thiazole rings is 1. The van der Waals surface area contributed by atoms with Crippen molar-refractivity contribution in [2.45, 2.75) is 19.9 Å². The van der Waals surface area contributed by atoms with Gasteiger partial charge in [0.1, 0.15) is 0 Å². The fourth-order valence-electron chi connectivity index (χ4n) is 1.87. The van der Waals surface area contributed by atoms with E-state index in [-0.39, 0.29) is 11.9 Å². The van der Waals surface area contributed by atoms with Gasteiger partial charge in [0.15, 0.2) is 5.69 Å². The number of hydrogen-bond acceptors (Lipinski definition) is 4. The lowest BCUT2D eigenvalue weighted by atomic mass is 10.3. The molecular weight excluding hydrogens is 272 g/mol. The molecule has 1 aromatic carbocycles. The van der Waals surface area contributed by atoms with E-state index in [0.29, 0.717) is 5.69 Å². The maximum Gasteiger partial charge on any atom is 0.276 e. The zero-order valence-corrected chi connectivity index (χ0v) is 12.0. The van der Waals surface area contributed by atoms with Crippen molar-refractivity contribution in [3.8, 4) is 0 Å². The highest BCUT2D eigenvalue weighted by molar-refractivity contribution is 7.16. The second-order valence-corrected chi connectivity index (χ2v) is 5.65. The maximum absolute atomic E-state index is 12.1. The normalized spacial score (nSPS) is 11.2. The highest BCUT2D eigenvalue weighted by Crippen LogP contribution is 2.22. The van der Waals surface area contributed by atoms with Crippen LogP contribution in [0, 0.1) is 0 Å². The van der Waals surface area contributed by atoms with Gasteiger partial charge in [-0.3, -0.25) is 9.48 Å². The van der Waals surface area contributed by atoms with Gasteiger partial charge in [0.25, 0.3) is 5.91 Å². The molecule has 2 heterocycles. The topological polar surface area (TPSA) is 59.8 Å². The van der Waals surface area contributed by atoms with Crippen molar-refractivity contribution < 1.29 is 4.79 Å². The summed E-state index contributed by atoms with van der Waals surface area (Å²) in [6, 6.07) is 7.63. The molecule has 6 heteroatoms. The number of amides is 1. The highest BCUT2D eigenvalue weighted by atomic mass is 32.1. The number of aromatic nitrogens is 3. The molecule has 0 aliphatic heterocycles. The Hall–Kier alpha value is -2.21. The van der Waals surface area contributed by atoms with Crippen molar-refractivity contribution in [1.82, 2.24) is 14.8 Å². The van der Waals surface area contributed by atoms with Gasteiger partial charge in [-0.15, -0.1) is 11.3 Å². The molecule has 0 spiro atoms. The SMILES string of the molecule is CC(C)n1ccc(C(=O)Nc2ccc3ncsc3c2)n1. The summed E-state index contributed by atoms with van der Waals surface area (Å²) in [7, 11) is 0. The number of carbonyl (C=O) groups is 1. The molecule has 5 nitrogen and oxygen atoms in total. The van der Waals surface area contributed by atoms with E-state index in [1.165, 1.54) is 0 Å². The third-order valence-corrected chi connectivity index (χ3v) is 3.75. The Kier molecular flexibility index (Phi) is 3.23. The summed E-state index contributed by atoms with van der Waals surface area (Å²) >= 11 is 1.55. The summed E-state index contributed by atoms with van der Waals surface area (Å²) < 4.78 is 2.82. The minimum absolute atomic E-state index is 0.201. The van der Waals surface area contributed by atoms with Crippen LogP contribution in [0.5, 0.6) is 0 Å². The van der Waals surface area contributed by atoms with E-state index >= 15 is 0 Å². The first kappa shape index (κ1) is 12.8. The molecule has 1 amide bonds. The Morgan fingerprint density at radius 1 is 1.35 bits per heavy atom. The molecule has 0 unspecified atom stereocenters. The van der Waals surface area contributed by atoms with Crippen LogP contribution in [0.1, 0.15) is 30.4 Å². The van der Waals surface area contributed by atoms with Gasteiger partial charge < -0.3 is 5.32 Å². The Morgan fingerprint density at radius 3 is 2.95 bits per heavy atom. The lowest BCUT2D eigenvalue weighted by Gasteiger charge is -2.05. The number of fused-ring (bicyclic) bond motifs is 1. The number of hydrogen-bond donors (Lipinski definition) is 1. The Labute approximate surface area is 120 Å². The monoisotopic (exact) mass is 286 g/mol. The van der Waals surface area contributed by atoms with Gasteiger partial charge in [-0.2, -0.15) is 5.10 Å². The van der Waals surface area contributed by atoms with Gasteiger partial charge in [0, 0.05) is 17.9 Å². The minimum Gasteiger partial charge on any atom is -0.321 e. The molecule has 0 aliphatic rings. The van der Waals surface area contributed by atoms with Crippen LogP contribution < -0.4 is 5.32 Å². The van der Waals surface area contributed by atoms with Crippen LogP contribution in [-0.2, 0) is 0 Å². The quantitative estimate of drug-likeness (QED) is 0.803. The molecule has 3 aromatic rings. The first-order valence-electron chi connectivity index (χ1n) is 6.33. The van der Waals surface area contributed by atoms with E-state index in [4.69, 9.17) is 0 Å². The average molecular weight is 286 g/mol. The van der Waals surface area contributed by atoms with Gasteiger partial charge in [-0.1, -0.05) is 0 Å². The molecule has 20 heavy (non-hydrogen) atoms. The lowest BCUT2D eigenvalue weighted by molar-refractivity contribution is 0.102. The van der Waals surface area contributed by atoms with Gasteiger partial charge in [-0.25, -0.2) is 4.98 Å². The second-order valence-electron chi connectivity index (χ2n) is 4.76. The number of nitrogens with one attached hydrogen (secondary N) is 1. The standard InChI is InChI=1S/C14H14N4OS/c1-9(2)18-6-5-12(17-18)14(19)16-10-3-4-11-13(7-10)20-8-15-11/h3-9H,1-2H3,(H,16,19). The van der Waals surface area contributed by atoms with Gasteiger partial charge in [-0.05, 0) is 38.1 Å². The van der Waals surface area contributed by atoms with Crippen molar-refractivity contribution in [3.05, 3.63) is 41.7 Å². The molecule has 102 valence electrons. The third-order valence-electron chi connectivity index (χ3n) is 2.96. The summed E-state index contributed by atoms with van der Waals surface area (Å²) in [6.45, 7) is 4.04. The van der Waals surface area contributed by atoms with Crippen molar-refractivity contribution >= 4 is 33.1 Å². The Balaban J connectivity index is 1.80. The summed E-state index contributed by atoms with van der Waals surface area (Å²) in [5, 5.41) is 7.11. The van der Waals surface area contributed by atoms with E-state index < -0.39 is 0 Å². The van der Waals surface area contributed by atoms with Crippen LogP contribution in [-0.4, -0.2) is 20.7 Å². The molecule has 0 aliphatic carbocycles. The number of carbonyl (C=O) groups excluding carboxylic acids is 1. The molecule has 1 N–H and O–H groups in total. The molecule has 0 bridgehead atoms. The Morgan fingerprint density at radius 2 is 2.20 bits per heavy atom. The molecule has 0 saturated heterocycles. The van der Waals surface area contributed by atoms with Crippen molar-refractivity contribution in [2.75, 3.05) is 5.32 Å². The van der Waals surface area contributed by atoms with E-state index in [2.05, 4.69) is 15.4 Å². The fraction of sp³-hybridized carbons (Fsp3) is 0.214. The lowest BCUT2D eigenvalue weighted by Crippen LogP contribution is -2.13. The molecule has 0 radical (unpaired) electrons. The first-order chi connectivity index (χ1) is 9.63. The fourth-order valence-corrected chi connectivity index (χ4v) is 2.59. The molecule has 2 aromatic heterocycles. The number of anilines is 1. The van der Waals surface area contributed by atoms with E-state index in [0.717, 1.165) is 15.9 Å². The predicted molar refractivity (Wildman–Crippen MR) is 80.2 cm³/mol. The summed E-state index contributed by atoms with van der Waals surface area (Å²) in [4.78, 5) is 16.3. The largest absolute Gasteiger partial charge is 0.321 e. The minimum atomic E-state index is -0.201. The smallest absolute Gasteiger partial charge is 0.276 e. The van der Waals surface area contributed by atoms with Crippen LogP contribution >= 0.6 is 11.3 Å². The molecule has 0 atom stereocenters. The highest BCUT2D eigenvalue weighted by Gasteiger charge is 2.11. The second kappa shape index (κ2) is 5.05. The van der Waals surface area contributed by atoms with E-state index in [1.807, 2.05) is 38.2 Å². The number of nitrogens with zero attached hydrogens (tertiary/aromatic N) is 3. The Bertz CT molecular complexity index is 759. The van der Waals surface area contributed by atoms with Crippen LogP contribution in [0.4, 0.5) is 5.69 Å². The summed E-state index contributed by atoms with van der Waals surface area (Å²) in [6.07, 6.45) is 1.81. The third kappa shape index (κ3) is 2.42. The predicted octanol–water partition coefficient (Wildman–Crippen LogP) is 3.33. The van der Waals surface area contributed by atoms with Crippen LogP contribution in [0.25, 0.3) is 10.2 Å².